The molecular formula is C19H17ClN2O4. The molecule has 26 heavy (non-hydrogen) atoms. The number of hydrogen-bond donors (Lipinski definition) is 2. The first-order valence-electron chi connectivity index (χ1n) is 8.35. The number of nitrogens with one attached hydrogen (secondary N) is 2. The Morgan fingerprint density at radius 1 is 0.923 bits per heavy atom. The zero-order chi connectivity index (χ0) is 18.1. The van der Waals surface area contributed by atoms with Crippen molar-refractivity contribution in [2.45, 2.75) is 18.3 Å². The lowest BCUT2D eigenvalue weighted by Gasteiger charge is -2.19. The fourth-order valence-electron chi connectivity index (χ4n) is 3.03. The van der Waals surface area contributed by atoms with Crippen LogP contribution in [-0.2, 0) is 10.2 Å². The summed E-state index contributed by atoms with van der Waals surface area (Å²) >= 11 is 5.91. The van der Waals surface area contributed by atoms with E-state index >= 15 is 0 Å². The quantitative estimate of drug-likeness (QED) is 0.812. The molecule has 1 aliphatic carbocycles. The molecule has 0 unspecified atom stereocenters. The minimum Gasteiger partial charge on any atom is -0.486 e. The SMILES string of the molecule is O=C(NNC(=O)C1(c2ccc(Cl)cc2)CC1)c1ccc2c(c1)OCCO2. The van der Waals surface area contributed by atoms with Crippen molar-refractivity contribution in [2.24, 2.45) is 0 Å². The van der Waals surface area contributed by atoms with E-state index in [4.69, 9.17) is 21.1 Å². The summed E-state index contributed by atoms with van der Waals surface area (Å²) in [6.45, 7) is 0.930. The lowest BCUT2D eigenvalue weighted by Crippen LogP contribution is -2.46. The van der Waals surface area contributed by atoms with E-state index in [0.29, 0.717) is 35.3 Å². The van der Waals surface area contributed by atoms with Crippen LogP contribution in [0.15, 0.2) is 42.5 Å². The second-order valence-electron chi connectivity index (χ2n) is 6.36. The molecule has 1 aliphatic heterocycles. The molecule has 1 saturated carbocycles. The monoisotopic (exact) mass is 372 g/mol. The molecular weight excluding hydrogens is 356 g/mol. The van der Waals surface area contributed by atoms with E-state index in [1.807, 2.05) is 12.1 Å². The van der Waals surface area contributed by atoms with Crippen molar-refractivity contribution >= 4 is 23.4 Å². The zero-order valence-corrected chi connectivity index (χ0v) is 14.6. The van der Waals surface area contributed by atoms with E-state index in [0.717, 1.165) is 18.4 Å². The fraction of sp³-hybridized carbons (Fsp3) is 0.263. The highest BCUT2D eigenvalue weighted by molar-refractivity contribution is 6.30. The van der Waals surface area contributed by atoms with Crippen LogP contribution in [0.3, 0.4) is 0 Å². The molecule has 0 saturated heterocycles. The van der Waals surface area contributed by atoms with Gasteiger partial charge >= 0.3 is 0 Å². The van der Waals surface area contributed by atoms with Crippen LogP contribution >= 0.6 is 11.6 Å². The van der Waals surface area contributed by atoms with E-state index in [9.17, 15) is 9.59 Å². The first kappa shape index (κ1) is 16.7. The summed E-state index contributed by atoms with van der Waals surface area (Å²) in [4.78, 5) is 24.9. The highest BCUT2D eigenvalue weighted by Gasteiger charge is 2.51. The highest BCUT2D eigenvalue weighted by Crippen LogP contribution is 2.48. The standard InChI is InChI=1S/C19H17ClN2O4/c20-14-4-2-13(3-5-14)19(7-8-19)18(24)22-21-17(23)12-1-6-15-16(11-12)26-10-9-25-15/h1-6,11H,7-10H2,(H,21,23)(H,22,24). The molecule has 0 aromatic heterocycles. The van der Waals surface area contributed by atoms with Gasteiger partial charge in [0, 0.05) is 10.6 Å². The summed E-state index contributed by atoms with van der Waals surface area (Å²) in [5.41, 5.74) is 5.69. The van der Waals surface area contributed by atoms with Crippen LogP contribution in [0, 0.1) is 0 Å². The van der Waals surface area contributed by atoms with Gasteiger partial charge in [0.05, 0.1) is 5.41 Å². The number of carbonyl (C=O) groups excluding carboxylic acids is 2. The van der Waals surface area contributed by atoms with E-state index in [2.05, 4.69) is 10.9 Å². The molecule has 7 heteroatoms. The van der Waals surface area contributed by atoms with Gasteiger partial charge in [0.2, 0.25) is 5.91 Å². The summed E-state index contributed by atoms with van der Waals surface area (Å²) in [6.07, 6.45) is 1.47. The molecule has 0 bridgehead atoms. The van der Waals surface area contributed by atoms with Gasteiger partial charge in [-0.2, -0.15) is 0 Å². The maximum Gasteiger partial charge on any atom is 0.269 e. The molecule has 2 N–H and O–H groups in total. The van der Waals surface area contributed by atoms with Gasteiger partial charge in [-0.15, -0.1) is 0 Å². The summed E-state index contributed by atoms with van der Waals surface area (Å²) in [7, 11) is 0. The molecule has 1 heterocycles. The molecule has 0 atom stereocenters. The highest BCUT2D eigenvalue weighted by atomic mass is 35.5. The first-order chi connectivity index (χ1) is 12.6. The predicted molar refractivity (Wildman–Crippen MR) is 95.4 cm³/mol. The summed E-state index contributed by atoms with van der Waals surface area (Å²) < 4.78 is 10.9. The maximum atomic E-state index is 12.6. The van der Waals surface area contributed by atoms with Gasteiger partial charge in [-0.25, -0.2) is 0 Å². The van der Waals surface area contributed by atoms with Crippen molar-refractivity contribution < 1.29 is 19.1 Å². The topological polar surface area (TPSA) is 76.7 Å². The van der Waals surface area contributed by atoms with E-state index in [1.54, 1.807) is 30.3 Å². The molecule has 0 spiro atoms. The average Bonchev–Trinajstić information content (AvgIpc) is 3.48. The third-order valence-electron chi connectivity index (χ3n) is 4.68. The normalized spacial score (nSPS) is 16.5. The van der Waals surface area contributed by atoms with Crippen LogP contribution in [0.1, 0.15) is 28.8 Å². The fourth-order valence-corrected chi connectivity index (χ4v) is 3.16. The third-order valence-corrected chi connectivity index (χ3v) is 4.93. The Kier molecular flexibility index (Phi) is 4.20. The summed E-state index contributed by atoms with van der Waals surface area (Å²) in [5, 5.41) is 0.622. The van der Waals surface area contributed by atoms with Crippen molar-refractivity contribution in [3.8, 4) is 11.5 Å². The van der Waals surface area contributed by atoms with Gasteiger partial charge in [0.25, 0.3) is 5.91 Å². The van der Waals surface area contributed by atoms with Crippen LogP contribution in [0.25, 0.3) is 0 Å². The largest absolute Gasteiger partial charge is 0.486 e. The zero-order valence-electron chi connectivity index (χ0n) is 13.9. The van der Waals surface area contributed by atoms with Crippen molar-refractivity contribution in [1.82, 2.24) is 10.9 Å². The molecule has 134 valence electrons. The van der Waals surface area contributed by atoms with Gasteiger partial charge in [-0.1, -0.05) is 23.7 Å². The first-order valence-corrected chi connectivity index (χ1v) is 8.73. The van der Waals surface area contributed by atoms with Crippen molar-refractivity contribution in [3.05, 3.63) is 58.6 Å². The third kappa shape index (κ3) is 3.08. The number of fused-ring (bicyclic) bond motifs is 1. The molecule has 2 aromatic carbocycles. The minimum atomic E-state index is -0.593. The molecule has 1 fully saturated rings. The summed E-state index contributed by atoms with van der Waals surface area (Å²) in [6, 6.07) is 12.1. The molecule has 2 aliphatic rings. The van der Waals surface area contributed by atoms with E-state index in [1.165, 1.54) is 0 Å². The number of halogens is 1. The van der Waals surface area contributed by atoms with Gasteiger partial charge < -0.3 is 9.47 Å². The lowest BCUT2D eigenvalue weighted by atomic mass is 9.95. The van der Waals surface area contributed by atoms with Crippen LogP contribution in [0.4, 0.5) is 0 Å². The molecule has 2 amide bonds. The number of carbonyl (C=O) groups is 2. The number of hydrazine groups is 1. The Morgan fingerprint density at radius 3 is 2.31 bits per heavy atom. The molecule has 2 aromatic rings. The molecule has 4 rings (SSSR count). The second kappa shape index (κ2) is 6.53. The van der Waals surface area contributed by atoms with Crippen molar-refractivity contribution in [2.75, 3.05) is 13.2 Å². The van der Waals surface area contributed by atoms with Crippen LogP contribution in [0.5, 0.6) is 11.5 Å². The van der Waals surface area contributed by atoms with Crippen LogP contribution in [0.2, 0.25) is 5.02 Å². The van der Waals surface area contributed by atoms with Gasteiger partial charge in [0.1, 0.15) is 13.2 Å². The number of hydrogen-bond acceptors (Lipinski definition) is 4. The van der Waals surface area contributed by atoms with E-state index in [-0.39, 0.29) is 5.91 Å². The number of rotatable bonds is 3. The van der Waals surface area contributed by atoms with Gasteiger partial charge in [0.15, 0.2) is 11.5 Å². The minimum absolute atomic E-state index is 0.231. The molecule has 0 radical (unpaired) electrons. The van der Waals surface area contributed by atoms with Gasteiger partial charge in [-0.3, -0.25) is 20.4 Å². The Hall–Kier alpha value is -2.73. The Morgan fingerprint density at radius 2 is 1.62 bits per heavy atom. The Labute approximate surface area is 155 Å². The Bertz CT molecular complexity index is 862. The maximum absolute atomic E-state index is 12.6. The Balaban J connectivity index is 1.41. The number of amides is 2. The number of benzene rings is 2. The predicted octanol–water partition coefficient (Wildman–Crippen LogP) is 2.60. The number of ether oxygens (including phenoxy) is 2. The van der Waals surface area contributed by atoms with Crippen molar-refractivity contribution in [3.63, 3.8) is 0 Å². The summed E-state index contributed by atoms with van der Waals surface area (Å²) in [5.74, 6) is 0.486. The van der Waals surface area contributed by atoms with Crippen LogP contribution < -0.4 is 20.3 Å². The molecule has 6 nitrogen and oxygen atoms in total. The smallest absolute Gasteiger partial charge is 0.269 e. The lowest BCUT2D eigenvalue weighted by molar-refractivity contribution is -0.124. The average molecular weight is 373 g/mol. The van der Waals surface area contributed by atoms with Crippen LogP contribution in [-0.4, -0.2) is 25.0 Å². The second-order valence-corrected chi connectivity index (χ2v) is 6.79. The van der Waals surface area contributed by atoms with E-state index < -0.39 is 11.3 Å². The van der Waals surface area contributed by atoms with Gasteiger partial charge in [-0.05, 0) is 48.7 Å². The van der Waals surface area contributed by atoms with Crippen molar-refractivity contribution in [1.29, 1.82) is 0 Å².